The van der Waals surface area contributed by atoms with E-state index in [9.17, 15) is 0 Å². The number of methoxy groups -OCH3 is 1. The predicted molar refractivity (Wildman–Crippen MR) is 84.6 cm³/mol. The molecular formula is C17H19N3O. The molecule has 0 saturated heterocycles. The molecule has 108 valence electrons. The van der Waals surface area contributed by atoms with Crippen molar-refractivity contribution >= 4 is 11.2 Å². The molecule has 0 atom stereocenters. The van der Waals surface area contributed by atoms with E-state index < -0.39 is 0 Å². The first-order chi connectivity index (χ1) is 9.97. The minimum Gasteiger partial charge on any atom is -0.481 e. The van der Waals surface area contributed by atoms with Crippen LogP contribution in [0.1, 0.15) is 26.3 Å². The molecule has 0 aliphatic rings. The Balaban J connectivity index is 2.00. The van der Waals surface area contributed by atoms with Crippen LogP contribution in [-0.4, -0.2) is 22.1 Å². The predicted octanol–water partition coefficient (Wildman–Crippen LogP) is 3.93. The lowest BCUT2D eigenvalue weighted by molar-refractivity contribution is 0.399. The molecule has 0 aliphatic carbocycles. The Morgan fingerprint density at radius 2 is 1.67 bits per heavy atom. The van der Waals surface area contributed by atoms with Gasteiger partial charge in [-0.25, -0.2) is 4.98 Å². The highest BCUT2D eigenvalue weighted by Gasteiger charge is 2.14. The van der Waals surface area contributed by atoms with Gasteiger partial charge in [0, 0.05) is 11.6 Å². The van der Waals surface area contributed by atoms with Gasteiger partial charge in [0.15, 0.2) is 5.65 Å². The van der Waals surface area contributed by atoms with E-state index in [-0.39, 0.29) is 5.41 Å². The maximum absolute atomic E-state index is 5.13. The fraction of sp³-hybridized carbons (Fsp3) is 0.294. The highest BCUT2D eigenvalue weighted by molar-refractivity contribution is 5.76. The number of fused-ring (bicyclic) bond motifs is 1. The van der Waals surface area contributed by atoms with Crippen LogP contribution in [-0.2, 0) is 5.41 Å². The van der Waals surface area contributed by atoms with Gasteiger partial charge in [0.25, 0.3) is 0 Å². The molecule has 0 saturated carbocycles. The molecule has 0 unspecified atom stereocenters. The summed E-state index contributed by atoms with van der Waals surface area (Å²) in [5, 5.41) is 0. The summed E-state index contributed by atoms with van der Waals surface area (Å²) in [5.74, 6) is 1.40. The lowest BCUT2D eigenvalue weighted by atomic mass is 9.87. The highest BCUT2D eigenvalue weighted by atomic mass is 16.5. The number of pyridine rings is 1. The molecule has 21 heavy (non-hydrogen) atoms. The Morgan fingerprint density at radius 1 is 0.952 bits per heavy atom. The van der Waals surface area contributed by atoms with Gasteiger partial charge in [-0.05, 0) is 17.0 Å². The van der Waals surface area contributed by atoms with Crippen LogP contribution in [0.5, 0.6) is 5.88 Å². The topological polar surface area (TPSA) is 50.8 Å². The Bertz CT molecular complexity index is 767. The maximum Gasteiger partial charge on any atom is 0.215 e. The van der Waals surface area contributed by atoms with Crippen molar-refractivity contribution in [2.45, 2.75) is 26.2 Å². The first kappa shape index (κ1) is 13.6. The normalized spacial score (nSPS) is 11.8. The molecule has 0 radical (unpaired) electrons. The van der Waals surface area contributed by atoms with Crippen LogP contribution in [0.25, 0.3) is 22.6 Å². The summed E-state index contributed by atoms with van der Waals surface area (Å²) in [6.07, 6.45) is 0. The van der Waals surface area contributed by atoms with Gasteiger partial charge in [0.05, 0.1) is 12.6 Å². The molecular weight excluding hydrogens is 262 g/mol. The van der Waals surface area contributed by atoms with Crippen LogP contribution in [0, 0.1) is 0 Å². The number of ether oxygens (including phenoxy) is 1. The van der Waals surface area contributed by atoms with Crippen LogP contribution in [0.15, 0.2) is 36.4 Å². The third-order valence-electron chi connectivity index (χ3n) is 3.55. The van der Waals surface area contributed by atoms with Crippen molar-refractivity contribution in [1.29, 1.82) is 0 Å². The average Bonchev–Trinajstić information content (AvgIpc) is 2.89. The minimum atomic E-state index is 0.154. The van der Waals surface area contributed by atoms with E-state index in [1.165, 1.54) is 5.56 Å². The zero-order valence-electron chi connectivity index (χ0n) is 12.8. The number of aromatic nitrogens is 3. The fourth-order valence-electron chi connectivity index (χ4n) is 2.25. The monoisotopic (exact) mass is 281 g/mol. The van der Waals surface area contributed by atoms with Crippen LogP contribution < -0.4 is 4.74 Å². The molecule has 0 bridgehead atoms. The summed E-state index contributed by atoms with van der Waals surface area (Å²) < 4.78 is 5.13. The zero-order chi connectivity index (χ0) is 15.0. The minimum absolute atomic E-state index is 0.154. The first-order valence-corrected chi connectivity index (χ1v) is 6.99. The number of H-pyrrole nitrogens is 1. The van der Waals surface area contributed by atoms with Crippen LogP contribution in [0.4, 0.5) is 0 Å². The summed E-state index contributed by atoms with van der Waals surface area (Å²) in [7, 11) is 1.60. The maximum atomic E-state index is 5.13. The van der Waals surface area contributed by atoms with E-state index in [0.717, 1.165) is 16.9 Å². The molecule has 1 N–H and O–H groups in total. The summed E-state index contributed by atoms with van der Waals surface area (Å²) in [4.78, 5) is 12.2. The summed E-state index contributed by atoms with van der Waals surface area (Å²) in [6, 6.07) is 12.2. The van der Waals surface area contributed by atoms with E-state index in [4.69, 9.17) is 4.74 Å². The third kappa shape index (κ3) is 2.61. The molecule has 3 aromatic rings. The number of benzene rings is 1. The Kier molecular flexibility index (Phi) is 3.16. The summed E-state index contributed by atoms with van der Waals surface area (Å²) in [5.41, 5.74) is 4.10. The Labute approximate surface area is 124 Å². The van der Waals surface area contributed by atoms with Crippen molar-refractivity contribution in [1.82, 2.24) is 15.0 Å². The lowest BCUT2D eigenvalue weighted by Crippen LogP contribution is -2.10. The van der Waals surface area contributed by atoms with E-state index >= 15 is 0 Å². The van der Waals surface area contributed by atoms with E-state index in [0.29, 0.717) is 11.5 Å². The molecule has 1 aromatic carbocycles. The second-order valence-electron chi connectivity index (χ2n) is 6.14. The molecule has 0 fully saturated rings. The highest BCUT2D eigenvalue weighted by Crippen LogP contribution is 2.26. The summed E-state index contributed by atoms with van der Waals surface area (Å²) in [6.45, 7) is 6.62. The average molecular weight is 281 g/mol. The molecule has 0 spiro atoms. The molecule has 4 heteroatoms. The van der Waals surface area contributed by atoms with Gasteiger partial charge in [-0.3, -0.25) is 0 Å². The van der Waals surface area contributed by atoms with Gasteiger partial charge in [0.2, 0.25) is 5.88 Å². The molecule has 2 aromatic heterocycles. The number of nitrogens with one attached hydrogen (secondary N) is 1. The molecule has 4 nitrogen and oxygen atoms in total. The number of rotatable bonds is 2. The van der Waals surface area contributed by atoms with Crippen molar-refractivity contribution < 1.29 is 4.74 Å². The standard InChI is InChI=1S/C17H19N3O/c1-17(2,3)12-7-5-11(6-8-12)15-18-13-9-10-14(21-4)19-16(13)20-15/h5-10H,1-4H3,(H,18,19,20). The first-order valence-electron chi connectivity index (χ1n) is 6.99. The fourth-order valence-corrected chi connectivity index (χ4v) is 2.25. The van der Waals surface area contributed by atoms with Crippen LogP contribution in [0.2, 0.25) is 0 Å². The van der Waals surface area contributed by atoms with Gasteiger partial charge in [-0.1, -0.05) is 45.0 Å². The largest absolute Gasteiger partial charge is 0.481 e. The van der Waals surface area contributed by atoms with Crippen LogP contribution >= 0.6 is 0 Å². The smallest absolute Gasteiger partial charge is 0.215 e. The Hall–Kier alpha value is -2.36. The van der Waals surface area contributed by atoms with Gasteiger partial charge < -0.3 is 9.72 Å². The SMILES string of the molecule is COc1ccc2[nH]c(-c3ccc(C(C)(C)C)cc3)nc2n1. The second kappa shape index (κ2) is 4.88. The van der Waals surface area contributed by atoms with Gasteiger partial charge in [-0.15, -0.1) is 0 Å². The molecule has 0 aliphatic heterocycles. The summed E-state index contributed by atoms with van der Waals surface area (Å²) >= 11 is 0. The molecule has 2 heterocycles. The zero-order valence-corrected chi connectivity index (χ0v) is 12.8. The number of nitrogens with zero attached hydrogens (tertiary/aromatic N) is 2. The lowest BCUT2D eigenvalue weighted by Gasteiger charge is -2.18. The molecule has 0 amide bonds. The third-order valence-corrected chi connectivity index (χ3v) is 3.55. The van der Waals surface area contributed by atoms with Gasteiger partial charge >= 0.3 is 0 Å². The quantitative estimate of drug-likeness (QED) is 0.774. The number of hydrogen-bond donors (Lipinski definition) is 1. The Morgan fingerprint density at radius 3 is 2.29 bits per heavy atom. The number of aromatic amines is 1. The number of hydrogen-bond acceptors (Lipinski definition) is 3. The van der Waals surface area contributed by atoms with Gasteiger partial charge in [-0.2, -0.15) is 4.98 Å². The van der Waals surface area contributed by atoms with Crippen LogP contribution in [0.3, 0.4) is 0 Å². The number of imidazole rings is 1. The van der Waals surface area contributed by atoms with E-state index in [1.807, 2.05) is 12.1 Å². The van der Waals surface area contributed by atoms with Crippen molar-refractivity contribution in [2.24, 2.45) is 0 Å². The van der Waals surface area contributed by atoms with Crippen molar-refractivity contribution in [2.75, 3.05) is 7.11 Å². The van der Waals surface area contributed by atoms with Gasteiger partial charge in [0.1, 0.15) is 5.82 Å². The second-order valence-corrected chi connectivity index (χ2v) is 6.14. The van der Waals surface area contributed by atoms with Crippen molar-refractivity contribution in [3.8, 4) is 17.3 Å². The van der Waals surface area contributed by atoms with E-state index in [2.05, 4.69) is 60.0 Å². The van der Waals surface area contributed by atoms with Crippen molar-refractivity contribution in [3.05, 3.63) is 42.0 Å². The van der Waals surface area contributed by atoms with E-state index in [1.54, 1.807) is 7.11 Å². The molecule has 3 rings (SSSR count). The van der Waals surface area contributed by atoms with Crippen molar-refractivity contribution in [3.63, 3.8) is 0 Å².